The van der Waals surface area contributed by atoms with Crippen LogP contribution in [0.4, 0.5) is 0 Å². The number of hydrogen-bond donors (Lipinski definition) is 1. The molecule has 1 saturated heterocycles. The molecule has 0 radical (unpaired) electrons. The Bertz CT molecular complexity index is 505. The number of rotatable bonds is 3. The van der Waals surface area contributed by atoms with Crippen molar-refractivity contribution in [2.24, 2.45) is 0 Å². The fourth-order valence-corrected chi connectivity index (χ4v) is 1.80. The van der Waals surface area contributed by atoms with Crippen LogP contribution in [0.25, 0.3) is 6.08 Å². The molecule has 1 aromatic rings. The lowest BCUT2D eigenvalue weighted by molar-refractivity contribution is -0.158. The van der Waals surface area contributed by atoms with Crippen molar-refractivity contribution < 1.29 is 23.8 Å². The highest BCUT2D eigenvalue weighted by atomic mass is 16.5. The van der Waals surface area contributed by atoms with E-state index in [9.17, 15) is 9.59 Å². The van der Waals surface area contributed by atoms with E-state index in [2.05, 4.69) is 0 Å². The number of nitrogens with zero attached hydrogens (tertiary/aromatic N) is 1. The van der Waals surface area contributed by atoms with Gasteiger partial charge in [-0.1, -0.05) is 0 Å². The Morgan fingerprint density at radius 3 is 2.89 bits per heavy atom. The Balaban J connectivity index is 1.96. The van der Waals surface area contributed by atoms with Gasteiger partial charge in [0.1, 0.15) is 11.5 Å². The van der Waals surface area contributed by atoms with Gasteiger partial charge in [0.15, 0.2) is 6.10 Å². The number of aliphatic carboxylic acids is 1. The van der Waals surface area contributed by atoms with Crippen molar-refractivity contribution >= 4 is 18.0 Å². The molecule has 6 nitrogen and oxygen atoms in total. The molecule has 0 aliphatic carbocycles. The van der Waals surface area contributed by atoms with E-state index in [-0.39, 0.29) is 19.1 Å². The van der Waals surface area contributed by atoms with Crippen molar-refractivity contribution in [3.8, 4) is 0 Å². The maximum absolute atomic E-state index is 11.9. The Labute approximate surface area is 110 Å². The zero-order valence-corrected chi connectivity index (χ0v) is 10.5. The number of morpholine rings is 1. The predicted molar refractivity (Wildman–Crippen MR) is 66.4 cm³/mol. The molecule has 1 amide bonds. The average Bonchev–Trinajstić information content (AvgIpc) is 2.82. The number of ether oxygens (including phenoxy) is 1. The average molecular weight is 265 g/mol. The molecular weight excluding hydrogens is 250 g/mol. The summed E-state index contributed by atoms with van der Waals surface area (Å²) in [4.78, 5) is 24.2. The second-order valence-corrected chi connectivity index (χ2v) is 4.26. The standard InChI is InChI=1S/C13H15NO5/c1-9-2-3-10(19-9)4-5-12(15)14-6-7-18-11(8-14)13(16)17/h2-5,11H,6-8H2,1H3,(H,16,17)/b5-4-/t11-/m1/s1. The molecular formula is C13H15NO5. The van der Waals surface area contributed by atoms with Crippen LogP contribution in [0, 0.1) is 6.92 Å². The van der Waals surface area contributed by atoms with Gasteiger partial charge < -0.3 is 19.2 Å². The third-order valence-corrected chi connectivity index (χ3v) is 2.80. The molecule has 19 heavy (non-hydrogen) atoms. The lowest BCUT2D eigenvalue weighted by Crippen LogP contribution is -2.48. The number of hydrogen-bond acceptors (Lipinski definition) is 4. The van der Waals surface area contributed by atoms with Crippen LogP contribution in [-0.4, -0.2) is 47.7 Å². The van der Waals surface area contributed by atoms with Crippen LogP contribution in [-0.2, 0) is 14.3 Å². The van der Waals surface area contributed by atoms with Crippen molar-refractivity contribution in [3.05, 3.63) is 29.7 Å². The summed E-state index contributed by atoms with van der Waals surface area (Å²) in [6.07, 6.45) is 2.00. The maximum atomic E-state index is 11.9. The molecule has 1 N–H and O–H groups in total. The summed E-state index contributed by atoms with van der Waals surface area (Å²) in [6, 6.07) is 3.57. The van der Waals surface area contributed by atoms with E-state index in [4.69, 9.17) is 14.3 Å². The highest BCUT2D eigenvalue weighted by Crippen LogP contribution is 2.10. The van der Waals surface area contributed by atoms with Crippen molar-refractivity contribution in [1.29, 1.82) is 0 Å². The van der Waals surface area contributed by atoms with E-state index in [1.54, 1.807) is 18.2 Å². The topological polar surface area (TPSA) is 80.0 Å². The number of carbonyl (C=O) groups excluding carboxylic acids is 1. The highest BCUT2D eigenvalue weighted by Gasteiger charge is 2.27. The number of furan rings is 1. The number of amides is 1. The molecule has 2 heterocycles. The molecule has 0 spiro atoms. The van der Waals surface area contributed by atoms with Gasteiger partial charge in [0.2, 0.25) is 5.91 Å². The van der Waals surface area contributed by atoms with Crippen LogP contribution < -0.4 is 0 Å². The Morgan fingerprint density at radius 1 is 1.47 bits per heavy atom. The first-order valence-corrected chi connectivity index (χ1v) is 5.94. The molecule has 1 fully saturated rings. The quantitative estimate of drug-likeness (QED) is 0.822. The van der Waals surface area contributed by atoms with Gasteiger partial charge in [-0.25, -0.2) is 4.79 Å². The minimum atomic E-state index is -1.05. The van der Waals surface area contributed by atoms with Crippen LogP contribution in [0.3, 0.4) is 0 Å². The van der Waals surface area contributed by atoms with Crippen LogP contribution in [0.5, 0.6) is 0 Å². The Kier molecular flexibility index (Phi) is 4.01. The van der Waals surface area contributed by atoms with E-state index in [0.29, 0.717) is 12.3 Å². The fraction of sp³-hybridized carbons (Fsp3) is 0.385. The van der Waals surface area contributed by atoms with Crippen LogP contribution in [0.1, 0.15) is 11.5 Å². The fourth-order valence-electron chi connectivity index (χ4n) is 1.80. The van der Waals surface area contributed by atoms with Crippen LogP contribution in [0.15, 0.2) is 22.6 Å². The van der Waals surface area contributed by atoms with Gasteiger partial charge in [0.05, 0.1) is 13.2 Å². The highest BCUT2D eigenvalue weighted by molar-refractivity contribution is 5.92. The molecule has 0 bridgehead atoms. The molecule has 1 aliphatic rings. The Morgan fingerprint density at radius 2 is 2.26 bits per heavy atom. The monoisotopic (exact) mass is 265 g/mol. The van der Waals surface area contributed by atoms with Gasteiger partial charge >= 0.3 is 5.97 Å². The van der Waals surface area contributed by atoms with Crippen molar-refractivity contribution in [3.63, 3.8) is 0 Å². The zero-order chi connectivity index (χ0) is 13.8. The van der Waals surface area contributed by atoms with Crippen LogP contribution in [0.2, 0.25) is 0 Å². The second kappa shape index (κ2) is 5.71. The van der Waals surface area contributed by atoms with Gasteiger partial charge in [-0.05, 0) is 25.1 Å². The summed E-state index contributed by atoms with van der Waals surface area (Å²) < 4.78 is 10.4. The van der Waals surface area contributed by atoms with E-state index in [0.717, 1.165) is 5.76 Å². The first kappa shape index (κ1) is 13.4. The lowest BCUT2D eigenvalue weighted by Gasteiger charge is -2.29. The molecule has 0 unspecified atom stereocenters. The zero-order valence-electron chi connectivity index (χ0n) is 10.5. The van der Waals surface area contributed by atoms with E-state index in [1.807, 2.05) is 6.92 Å². The molecule has 0 aromatic carbocycles. The molecule has 1 aliphatic heterocycles. The number of carboxylic acids is 1. The van der Waals surface area contributed by atoms with Gasteiger partial charge in [0.25, 0.3) is 0 Å². The predicted octanol–water partition coefficient (Wildman–Crippen LogP) is 0.913. The summed E-state index contributed by atoms with van der Waals surface area (Å²) >= 11 is 0. The summed E-state index contributed by atoms with van der Waals surface area (Å²) in [7, 11) is 0. The Hall–Kier alpha value is -2.08. The minimum absolute atomic E-state index is 0.0652. The normalized spacial score (nSPS) is 19.8. The van der Waals surface area contributed by atoms with Gasteiger partial charge in [-0.15, -0.1) is 0 Å². The molecule has 2 rings (SSSR count). The first-order valence-electron chi connectivity index (χ1n) is 5.94. The first-order chi connectivity index (χ1) is 9.06. The van der Waals surface area contributed by atoms with Gasteiger partial charge in [-0.3, -0.25) is 4.79 Å². The molecule has 1 atom stereocenters. The van der Waals surface area contributed by atoms with Crippen LogP contribution >= 0.6 is 0 Å². The van der Waals surface area contributed by atoms with E-state index < -0.39 is 12.1 Å². The summed E-state index contributed by atoms with van der Waals surface area (Å²) in [5.74, 6) is 0.0602. The van der Waals surface area contributed by atoms with Crippen molar-refractivity contribution in [1.82, 2.24) is 4.90 Å². The SMILES string of the molecule is Cc1ccc(/C=C\C(=O)N2CCO[C@@H](C(=O)O)C2)o1. The third-order valence-electron chi connectivity index (χ3n) is 2.80. The summed E-state index contributed by atoms with van der Waals surface area (Å²) in [6.45, 7) is 2.51. The molecule has 6 heteroatoms. The number of carboxylic acid groups (broad SMARTS) is 1. The second-order valence-electron chi connectivity index (χ2n) is 4.26. The molecule has 102 valence electrons. The van der Waals surface area contributed by atoms with Crippen molar-refractivity contribution in [2.45, 2.75) is 13.0 Å². The van der Waals surface area contributed by atoms with E-state index in [1.165, 1.54) is 11.0 Å². The third kappa shape index (κ3) is 3.45. The summed E-state index contributed by atoms with van der Waals surface area (Å²) in [5.41, 5.74) is 0. The summed E-state index contributed by atoms with van der Waals surface area (Å²) in [5, 5.41) is 8.85. The number of aryl methyl sites for hydroxylation is 1. The van der Waals surface area contributed by atoms with E-state index >= 15 is 0 Å². The van der Waals surface area contributed by atoms with Gasteiger partial charge in [0, 0.05) is 12.6 Å². The lowest BCUT2D eigenvalue weighted by atomic mass is 10.2. The molecule has 0 saturated carbocycles. The smallest absolute Gasteiger partial charge is 0.334 e. The molecule has 1 aromatic heterocycles. The van der Waals surface area contributed by atoms with Gasteiger partial charge in [-0.2, -0.15) is 0 Å². The maximum Gasteiger partial charge on any atom is 0.334 e. The van der Waals surface area contributed by atoms with Crippen molar-refractivity contribution in [2.75, 3.05) is 19.7 Å². The largest absolute Gasteiger partial charge is 0.479 e. The minimum Gasteiger partial charge on any atom is -0.479 e. The number of carbonyl (C=O) groups is 2.